The summed E-state index contributed by atoms with van der Waals surface area (Å²) in [4.78, 5) is 67.3. The van der Waals surface area contributed by atoms with Crippen LogP contribution in [0.3, 0.4) is 0 Å². The minimum Gasteiger partial charge on any atom is -0.468 e. The van der Waals surface area contributed by atoms with E-state index in [0.717, 1.165) is 35.5 Å². The molecule has 0 bridgehead atoms. The lowest BCUT2D eigenvalue weighted by Gasteiger charge is -2.28. The third kappa shape index (κ3) is 4.34. The minimum atomic E-state index is -2.86. The van der Waals surface area contributed by atoms with Crippen LogP contribution in [0.25, 0.3) is 0 Å². The predicted octanol–water partition coefficient (Wildman–Crippen LogP) is 2.28. The number of rotatable bonds is 8. The van der Waals surface area contributed by atoms with E-state index in [0.29, 0.717) is 11.1 Å². The number of carbonyl (C=O) groups is 5. The second-order valence-electron chi connectivity index (χ2n) is 8.00. The highest BCUT2D eigenvalue weighted by molar-refractivity contribution is 6.26. The molecule has 2 aromatic rings. The van der Waals surface area contributed by atoms with E-state index in [4.69, 9.17) is 23.7 Å². The highest BCUT2D eigenvalue weighted by Gasteiger charge is 2.67. The van der Waals surface area contributed by atoms with Crippen molar-refractivity contribution in [1.82, 2.24) is 0 Å². The third-order valence-corrected chi connectivity index (χ3v) is 6.24. The Bertz CT molecular complexity index is 1270. The van der Waals surface area contributed by atoms with E-state index in [2.05, 4.69) is 0 Å². The van der Waals surface area contributed by atoms with Crippen LogP contribution >= 0.6 is 0 Å². The van der Waals surface area contributed by atoms with Crippen molar-refractivity contribution < 1.29 is 47.7 Å². The molecule has 1 aliphatic carbocycles. The second kappa shape index (κ2) is 11.5. The molecule has 0 amide bonds. The van der Waals surface area contributed by atoms with Crippen LogP contribution in [0.15, 0.2) is 83.0 Å². The smallest absolute Gasteiger partial charge is 0.338 e. The summed E-state index contributed by atoms with van der Waals surface area (Å²) < 4.78 is 24.8. The fourth-order valence-corrected chi connectivity index (χ4v) is 4.71. The van der Waals surface area contributed by atoms with E-state index in [1.807, 2.05) is 0 Å². The molecule has 3 rings (SSSR count). The summed E-state index contributed by atoms with van der Waals surface area (Å²) in [6, 6.07) is 17.4. The number of esters is 5. The Balaban J connectivity index is 2.70. The molecule has 10 heteroatoms. The van der Waals surface area contributed by atoms with Crippen molar-refractivity contribution in [3.05, 3.63) is 94.1 Å². The van der Waals surface area contributed by atoms with Gasteiger partial charge in [-0.25, -0.2) is 14.4 Å². The first kappa shape index (κ1) is 27.9. The molecule has 38 heavy (non-hydrogen) atoms. The van der Waals surface area contributed by atoms with Crippen LogP contribution in [0.4, 0.5) is 0 Å². The Morgan fingerprint density at radius 2 is 0.947 bits per heavy atom. The standard InChI is InChI=1S/C28H26O10/c1-34-23(29)20-19(18(16-12-8-6-9-13-16)17-14-10-7-11-15-17)21(24(30)35-2)28(26(32)37-4,27(33)38-5)22(20)25(31)36-3/h6-15,18H,1-5H3. The number of carbonyl (C=O) groups excluding carboxylic acids is 5. The van der Waals surface area contributed by atoms with Crippen LogP contribution in [0.5, 0.6) is 0 Å². The fraction of sp³-hybridized carbons (Fsp3) is 0.250. The van der Waals surface area contributed by atoms with Crippen LogP contribution < -0.4 is 0 Å². The van der Waals surface area contributed by atoms with E-state index in [-0.39, 0.29) is 5.57 Å². The van der Waals surface area contributed by atoms with Crippen LogP contribution in [0, 0.1) is 5.41 Å². The van der Waals surface area contributed by atoms with E-state index in [9.17, 15) is 24.0 Å². The first-order valence-electron chi connectivity index (χ1n) is 11.3. The zero-order valence-corrected chi connectivity index (χ0v) is 21.4. The Labute approximate surface area is 218 Å². The zero-order valence-electron chi connectivity index (χ0n) is 21.4. The van der Waals surface area contributed by atoms with Crippen molar-refractivity contribution in [1.29, 1.82) is 0 Å². The summed E-state index contributed by atoms with van der Waals surface area (Å²) in [6.45, 7) is 0. The van der Waals surface area contributed by atoms with Gasteiger partial charge in [-0.3, -0.25) is 9.59 Å². The first-order valence-corrected chi connectivity index (χ1v) is 11.3. The minimum absolute atomic E-state index is 0.169. The topological polar surface area (TPSA) is 132 Å². The Morgan fingerprint density at radius 1 is 0.553 bits per heavy atom. The summed E-state index contributed by atoms with van der Waals surface area (Å²) in [5, 5.41) is 0. The van der Waals surface area contributed by atoms with E-state index in [1.54, 1.807) is 60.7 Å². The molecule has 0 N–H and O–H groups in total. The maximum absolute atomic E-state index is 13.5. The molecule has 0 atom stereocenters. The molecule has 0 fully saturated rings. The van der Waals surface area contributed by atoms with Crippen molar-refractivity contribution in [2.24, 2.45) is 5.41 Å². The highest BCUT2D eigenvalue weighted by atomic mass is 16.6. The highest BCUT2D eigenvalue weighted by Crippen LogP contribution is 2.55. The van der Waals surface area contributed by atoms with Crippen molar-refractivity contribution in [3.63, 3.8) is 0 Å². The molecule has 0 unspecified atom stereocenters. The maximum atomic E-state index is 13.5. The average molecular weight is 523 g/mol. The second-order valence-corrected chi connectivity index (χ2v) is 8.00. The van der Waals surface area contributed by atoms with Gasteiger partial charge in [-0.05, 0) is 16.7 Å². The summed E-state index contributed by atoms with van der Waals surface area (Å²) in [5.41, 5.74) is -3.83. The lowest BCUT2D eigenvalue weighted by atomic mass is 9.74. The number of benzene rings is 2. The summed E-state index contributed by atoms with van der Waals surface area (Å²) in [6.07, 6.45) is 0. The Morgan fingerprint density at radius 3 is 1.32 bits per heavy atom. The lowest BCUT2D eigenvalue weighted by molar-refractivity contribution is -0.167. The van der Waals surface area contributed by atoms with Crippen LogP contribution in [0.1, 0.15) is 17.0 Å². The maximum Gasteiger partial charge on any atom is 0.338 e. The van der Waals surface area contributed by atoms with Crippen molar-refractivity contribution >= 4 is 29.8 Å². The van der Waals surface area contributed by atoms with Crippen molar-refractivity contribution in [2.45, 2.75) is 5.92 Å². The molecule has 198 valence electrons. The van der Waals surface area contributed by atoms with Crippen molar-refractivity contribution in [2.75, 3.05) is 35.5 Å². The summed E-state index contributed by atoms with van der Waals surface area (Å²) >= 11 is 0. The molecular weight excluding hydrogens is 496 g/mol. The lowest BCUT2D eigenvalue weighted by Crippen LogP contribution is -2.47. The molecule has 0 aliphatic heterocycles. The molecule has 0 saturated carbocycles. The number of hydrogen-bond acceptors (Lipinski definition) is 10. The molecule has 10 nitrogen and oxygen atoms in total. The average Bonchev–Trinajstić information content (AvgIpc) is 3.28. The quantitative estimate of drug-likeness (QED) is 0.289. The van der Waals surface area contributed by atoms with Gasteiger partial charge in [0.1, 0.15) is 0 Å². The van der Waals surface area contributed by atoms with Gasteiger partial charge in [0.15, 0.2) is 0 Å². The van der Waals surface area contributed by atoms with Gasteiger partial charge in [0.05, 0.1) is 52.3 Å². The molecule has 0 spiro atoms. The normalized spacial score (nSPS) is 14.2. The molecule has 0 radical (unpaired) electrons. The van der Waals surface area contributed by atoms with Gasteiger partial charge in [0, 0.05) is 5.92 Å². The molecule has 1 aliphatic rings. The van der Waals surface area contributed by atoms with E-state index < -0.39 is 57.9 Å². The zero-order chi connectivity index (χ0) is 28.0. The SMILES string of the molecule is COC(=O)C1=C(C(=O)OC)C(C(=O)OC)(C(=O)OC)C(C(=O)OC)=C1C(c1ccccc1)c1ccccc1. The molecule has 0 saturated heterocycles. The molecule has 0 aromatic heterocycles. The van der Waals surface area contributed by atoms with E-state index in [1.165, 1.54) is 0 Å². The molecular formula is C28H26O10. The Hall–Kier alpha value is -4.73. The summed E-state index contributed by atoms with van der Waals surface area (Å²) in [5.74, 6) is -7.21. The van der Waals surface area contributed by atoms with Crippen LogP contribution in [-0.4, -0.2) is 65.4 Å². The van der Waals surface area contributed by atoms with Gasteiger partial charge in [-0.2, -0.15) is 0 Å². The van der Waals surface area contributed by atoms with Crippen LogP contribution in [-0.2, 0) is 47.7 Å². The van der Waals surface area contributed by atoms with Gasteiger partial charge >= 0.3 is 29.8 Å². The molecule has 0 heterocycles. The van der Waals surface area contributed by atoms with Crippen molar-refractivity contribution in [3.8, 4) is 0 Å². The number of hydrogen-bond donors (Lipinski definition) is 0. The van der Waals surface area contributed by atoms with Gasteiger partial charge < -0.3 is 23.7 Å². The fourth-order valence-electron chi connectivity index (χ4n) is 4.71. The summed E-state index contributed by atoms with van der Waals surface area (Å²) in [7, 11) is 4.98. The van der Waals surface area contributed by atoms with Gasteiger partial charge in [0.25, 0.3) is 0 Å². The van der Waals surface area contributed by atoms with Gasteiger partial charge in [-0.15, -0.1) is 0 Å². The van der Waals surface area contributed by atoms with Crippen LogP contribution in [0.2, 0.25) is 0 Å². The Kier molecular flexibility index (Phi) is 8.46. The molecule has 2 aromatic carbocycles. The number of methoxy groups -OCH3 is 5. The van der Waals surface area contributed by atoms with E-state index >= 15 is 0 Å². The third-order valence-electron chi connectivity index (χ3n) is 6.24. The van der Waals surface area contributed by atoms with Gasteiger partial charge in [-0.1, -0.05) is 60.7 Å². The first-order chi connectivity index (χ1) is 18.3. The largest absolute Gasteiger partial charge is 0.468 e. The number of ether oxygens (including phenoxy) is 5. The monoisotopic (exact) mass is 522 g/mol. The van der Waals surface area contributed by atoms with Gasteiger partial charge in [0.2, 0.25) is 5.41 Å². The predicted molar refractivity (Wildman–Crippen MR) is 131 cm³/mol.